The van der Waals surface area contributed by atoms with Crippen LogP contribution in [0.5, 0.6) is 5.88 Å². The number of pyridine rings is 1. The summed E-state index contributed by atoms with van der Waals surface area (Å²) in [5.74, 6) is 0.503. The van der Waals surface area contributed by atoms with Crippen molar-refractivity contribution in [1.29, 1.82) is 0 Å². The van der Waals surface area contributed by atoms with E-state index in [-0.39, 0.29) is 23.8 Å². The largest absolute Gasteiger partial charge is 0.472 e. The minimum Gasteiger partial charge on any atom is -0.472 e. The van der Waals surface area contributed by atoms with Crippen LogP contribution in [0, 0.1) is 0 Å². The van der Waals surface area contributed by atoms with Crippen LogP contribution in [0.15, 0.2) is 49.1 Å². The van der Waals surface area contributed by atoms with Crippen molar-refractivity contribution in [3.05, 3.63) is 54.6 Å². The van der Waals surface area contributed by atoms with E-state index in [1.807, 2.05) is 0 Å². The Bertz CT molecular complexity index is 1520. The van der Waals surface area contributed by atoms with E-state index in [0.29, 0.717) is 41.4 Å². The van der Waals surface area contributed by atoms with Gasteiger partial charge in [0.15, 0.2) is 11.4 Å². The average Bonchev–Trinajstić information content (AvgIpc) is 3.35. The minimum absolute atomic E-state index is 0.0238. The molecule has 2 N–H and O–H groups in total. The molecular weight excluding hydrogens is 512 g/mol. The molecule has 2 fully saturated rings. The number of likely N-dealkylation sites (N-methyl/N-ethyl adjacent to an activating group) is 1. The van der Waals surface area contributed by atoms with Gasteiger partial charge < -0.3 is 20.1 Å². The molecule has 39 heavy (non-hydrogen) atoms. The average molecular weight is 538 g/mol. The highest BCUT2D eigenvalue weighted by molar-refractivity contribution is 5.88. The predicted molar refractivity (Wildman–Crippen MR) is 134 cm³/mol. The lowest BCUT2D eigenvalue weighted by Crippen LogP contribution is -2.36. The van der Waals surface area contributed by atoms with E-state index < -0.39 is 18.6 Å². The standard InChI is InChI=1S/C25H25F2N9O3/c1-34-11-7-25(38,23(34)37)15-4-8-28-18(12-15)17-6-10-36(32-17)21-5-9-29-24(31-21)30-19-13-35(14-20(26)27)33-22(19)39-16-2-3-16/h4-6,8-10,12-13,16,20,38H,2-3,7,11,14H2,1H3,(H,29,30,31)/t25-/m0/s1. The third kappa shape index (κ3) is 5.02. The number of hydrogen-bond donors (Lipinski definition) is 2. The predicted octanol–water partition coefficient (Wildman–Crippen LogP) is 2.52. The van der Waals surface area contributed by atoms with E-state index in [1.165, 1.54) is 28.2 Å². The molecule has 202 valence electrons. The van der Waals surface area contributed by atoms with Gasteiger partial charge in [-0.05, 0) is 36.6 Å². The fourth-order valence-corrected chi connectivity index (χ4v) is 4.35. The van der Waals surface area contributed by atoms with Gasteiger partial charge in [-0.25, -0.2) is 18.4 Å². The number of ether oxygens (including phenoxy) is 1. The first-order valence-corrected chi connectivity index (χ1v) is 12.4. The van der Waals surface area contributed by atoms with E-state index >= 15 is 0 Å². The molecule has 1 aliphatic heterocycles. The van der Waals surface area contributed by atoms with Crippen LogP contribution in [-0.4, -0.2) is 76.5 Å². The summed E-state index contributed by atoms with van der Waals surface area (Å²) < 4.78 is 34.2. The summed E-state index contributed by atoms with van der Waals surface area (Å²) in [4.78, 5) is 27.1. The number of carbonyl (C=O) groups excluding carboxylic acids is 1. The van der Waals surface area contributed by atoms with Crippen LogP contribution < -0.4 is 10.1 Å². The molecular formula is C25H25F2N9O3. The number of anilines is 2. The highest BCUT2D eigenvalue weighted by Crippen LogP contribution is 2.34. The van der Waals surface area contributed by atoms with Gasteiger partial charge in [0, 0.05) is 44.7 Å². The minimum atomic E-state index is -2.56. The van der Waals surface area contributed by atoms with Gasteiger partial charge >= 0.3 is 0 Å². The lowest BCUT2D eigenvalue weighted by molar-refractivity contribution is -0.143. The van der Waals surface area contributed by atoms with Crippen LogP contribution in [0.1, 0.15) is 24.8 Å². The molecule has 1 atom stereocenters. The molecule has 0 aromatic carbocycles. The Morgan fingerprint density at radius 1 is 1.18 bits per heavy atom. The second kappa shape index (κ2) is 9.69. The summed E-state index contributed by atoms with van der Waals surface area (Å²) in [5.41, 5.74) is 0.255. The Hall–Kier alpha value is -4.46. The molecule has 0 radical (unpaired) electrons. The first-order valence-electron chi connectivity index (χ1n) is 12.4. The lowest BCUT2D eigenvalue weighted by atomic mass is 9.92. The number of amides is 1. The molecule has 0 bridgehead atoms. The van der Waals surface area contributed by atoms with Crippen LogP contribution in [-0.2, 0) is 16.9 Å². The zero-order valence-electron chi connectivity index (χ0n) is 20.9. The second-order valence-corrected chi connectivity index (χ2v) is 9.55. The van der Waals surface area contributed by atoms with Crippen molar-refractivity contribution in [2.24, 2.45) is 0 Å². The van der Waals surface area contributed by atoms with Crippen molar-refractivity contribution in [2.45, 2.75) is 43.9 Å². The number of carbonyl (C=O) groups is 1. The molecule has 0 unspecified atom stereocenters. The summed E-state index contributed by atoms with van der Waals surface area (Å²) in [5, 5.41) is 22.7. The van der Waals surface area contributed by atoms with Crippen molar-refractivity contribution < 1.29 is 23.4 Å². The first kappa shape index (κ1) is 24.9. The SMILES string of the molecule is CN1CC[C@](O)(c2ccnc(-c3ccn(-c4ccnc(Nc5cn(CC(F)F)nc5OC5CC5)n4)n3)c2)C1=O. The molecule has 1 amide bonds. The van der Waals surface area contributed by atoms with E-state index in [9.17, 15) is 18.7 Å². The van der Waals surface area contributed by atoms with Gasteiger partial charge in [-0.15, -0.1) is 5.10 Å². The Morgan fingerprint density at radius 2 is 2.00 bits per heavy atom. The van der Waals surface area contributed by atoms with E-state index in [2.05, 4.69) is 30.5 Å². The van der Waals surface area contributed by atoms with Gasteiger partial charge in [0.1, 0.15) is 24.0 Å². The normalized spacial score (nSPS) is 19.2. The van der Waals surface area contributed by atoms with Crippen molar-refractivity contribution in [2.75, 3.05) is 18.9 Å². The first-order chi connectivity index (χ1) is 18.8. The third-order valence-electron chi connectivity index (χ3n) is 6.58. The molecule has 1 saturated carbocycles. The smallest absolute Gasteiger partial charge is 0.258 e. The summed E-state index contributed by atoms with van der Waals surface area (Å²) >= 11 is 0. The fourth-order valence-electron chi connectivity index (χ4n) is 4.35. The van der Waals surface area contributed by atoms with Crippen LogP contribution in [0.25, 0.3) is 17.2 Å². The zero-order valence-corrected chi connectivity index (χ0v) is 20.9. The van der Waals surface area contributed by atoms with Crippen LogP contribution in [0.3, 0.4) is 0 Å². The molecule has 1 saturated heterocycles. The number of rotatable bonds is 9. The number of nitrogens with zero attached hydrogens (tertiary/aromatic N) is 8. The van der Waals surface area contributed by atoms with Crippen LogP contribution >= 0.6 is 0 Å². The van der Waals surface area contributed by atoms with Gasteiger partial charge in [0.05, 0.1) is 11.9 Å². The second-order valence-electron chi connectivity index (χ2n) is 9.55. The molecule has 4 aromatic rings. The molecule has 12 nitrogen and oxygen atoms in total. The molecule has 5 heterocycles. The topological polar surface area (TPSA) is 136 Å². The number of likely N-dealkylation sites (tertiary alicyclic amines) is 1. The highest BCUT2D eigenvalue weighted by Gasteiger charge is 2.45. The van der Waals surface area contributed by atoms with Gasteiger partial charge in [-0.3, -0.25) is 14.5 Å². The summed E-state index contributed by atoms with van der Waals surface area (Å²) in [7, 11) is 1.66. The van der Waals surface area contributed by atoms with Crippen LogP contribution in [0.4, 0.5) is 20.4 Å². The number of alkyl halides is 2. The van der Waals surface area contributed by atoms with E-state index in [1.54, 1.807) is 37.5 Å². The van der Waals surface area contributed by atoms with E-state index in [0.717, 1.165) is 17.5 Å². The quantitative estimate of drug-likeness (QED) is 0.330. The maximum Gasteiger partial charge on any atom is 0.258 e. The van der Waals surface area contributed by atoms with Crippen molar-refractivity contribution in [3.63, 3.8) is 0 Å². The number of hydrogen-bond acceptors (Lipinski definition) is 9. The maximum atomic E-state index is 12.9. The van der Waals surface area contributed by atoms with Gasteiger partial charge in [-0.1, -0.05) is 0 Å². The maximum absolute atomic E-state index is 12.9. The zero-order chi connectivity index (χ0) is 27.1. The number of aromatic nitrogens is 7. The van der Waals surface area contributed by atoms with Gasteiger partial charge in [-0.2, -0.15) is 10.1 Å². The molecule has 14 heteroatoms. The van der Waals surface area contributed by atoms with Gasteiger partial charge in [0.2, 0.25) is 5.95 Å². The molecule has 2 aliphatic rings. The number of nitrogens with one attached hydrogen (secondary N) is 1. The highest BCUT2D eigenvalue weighted by atomic mass is 19.3. The summed E-state index contributed by atoms with van der Waals surface area (Å²) in [6.45, 7) is -0.0932. The molecule has 4 aromatic heterocycles. The Balaban J connectivity index is 1.23. The third-order valence-corrected chi connectivity index (χ3v) is 6.58. The summed E-state index contributed by atoms with van der Waals surface area (Å²) in [6, 6.07) is 6.69. The van der Waals surface area contributed by atoms with E-state index in [4.69, 9.17) is 4.74 Å². The Labute approximate surface area is 221 Å². The lowest BCUT2D eigenvalue weighted by Gasteiger charge is -2.21. The van der Waals surface area contributed by atoms with Gasteiger partial charge in [0.25, 0.3) is 18.2 Å². The Kier molecular flexibility index (Phi) is 6.17. The number of aliphatic hydroxyl groups is 1. The molecule has 0 spiro atoms. The summed E-state index contributed by atoms with van der Waals surface area (Å²) in [6.07, 6.45) is 5.74. The monoisotopic (exact) mass is 537 g/mol. The van der Waals surface area contributed by atoms with Crippen molar-refractivity contribution in [1.82, 2.24) is 39.4 Å². The Morgan fingerprint density at radius 3 is 2.74 bits per heavy atom. The molecule has 1 aliphatic carbocycles. The number of halogens is 2. The van der Waals surface area contributed by atoms with Crippen molar-refractivity contribution >= 4 is 17.5 Å². The molecule has 6 rings (SSSR count). The van der Waals surface area contributed by atoms with Crippen LogP contribution in [0.2, 0.25) is 0 Å². The van der Waals surface area contributed by atoms with Crippen molar-refractivity contribution in [3.8, 4) is 23.1 Å². The fraction of sp³-hybridized carbons (Fsp3) is 0.360.